The van der Waals surface area contributed by atoms with Gasteiger partial charge in [-0.1, -0.05) is 0 Å². The van der Waals surface area contributed by atoms with Crippen molar-refractivity contribution < 1.29 is 14.6 Å². The Hall–Kier alpha value is -1.50. The van der Waals surface area contributed by atoms with Gasteiger partial charge in [-0.05, 0) is 37.3 Å². The number of hydrogen-bond donors (Lipinski definition) is 1. The lowest BCUT2D eigenvalue weighted by Crippen LogP contribution is -2.47. The number of likely N-dealkylation sites (tertiary alicyclic amines) is 2. The number of aryl methyl sites for hydroxylation is 1. The number of pyridine rings is 1. The predicted molar refractivity (Wildman–Crippen MR) is 95.4 cm³/mol. The van der Waals surface area contributed by atoms with Crippen LogP contribution in [-0.4, -0.2) is 78.8 Å². The van der Waals surface area contributed by atoms with Crippen LogP contribution in [0, 0.1) is 18.3 Å². The molecule has 0 aromatic carbocycles. The van der Waals surface area contributed by atoms with Crippen molar-refractivity contribution in [1.82, 2.24) is 14.8 Å². The van der Waals surface area contributed by atoms with E-state index in [1.807, 2.05) is 24.0 Å². The number of amides is 1. The van der Waals surface area contributed by atoms with Crippen molar-refractivity contribution in [2.45, 2.75) is 19.8 Å². The Balaban J connectivity index is 1.64. The zero-order chi connectivity index (χ0) is 17.9. The van der Waals surface area contributed by atoms with E-state index in [0.717, 1.165) is 57.9 Å². The fourth-order valence-corrected chi connectivity index (χ4v) is 4.39. The average molecular weight is 347 g/mol. The van der Waals surface area contributed by atoms with Crippen molar-refractivity contribution in [2.24, 2.45) is 11.3 Å². The molecule has 138 valence electrons. The summed E-state index contributed by atoms with van der Waals surface area (Å²) in [6, 6.07) is 3.67. The van der Waals surface area contributed by atoms with Gasteiger partial charge in [0.15, 0.2) is 0 Å². The number of hydrogen-bond acceptors (Lipinski definition) is 5. The minimum atomic E-state index is 0.0789. The van der Waals surface area contributed by atoms with E-state index in [9.17, 15) is 9.90 Å². The number of nitrogens with zero attached hydrogens (tertiary/aromatic N) is 3. The van der Waals surface area contributed by atoms with Crippen molar-refractivity contribution in [2.75, 3.05) is 53.0 Å². The minimum Gasteiger partial charge on any atom is -0.396 e. The SMILES string of the molecule is COCCN1CC(CO)C2(CCN(C(=O)c3cccnc3C)CC2)C1. The molecule has 1 amide bonds. The Morgan fingerprint density at radius 2 is 2.20 bits per heavy atom. The highest BCUT2D eigenvalue weighted by Gasteiger charge is 2.47. The van der Waals surface area contributed by atoms with Crippen LogP contribution < -0.4 is 0 Å². The number of carbonyl (C=O) groups excluding carboxylic acids is 1. The summed E-state index contributed by atoms with van der Waals surface area (Å²) >= 11 is 0. The third-order valence-corrected chi connectivity index (χ3v) is 6.00. The van der Waals surface area contributed by atoms with Crippen LogP contribution in [0.1, 0.15) is 28.9 Å². The molecule has 1 spiro atoms. The van der Waals surface area contributed by atoms with E-state index in [-0.39, 0.29) is 17.9 Å². The second-order valence-corrected chi connectivity index (χ2v) is 7.40. The van der Waals surface area contributed by atoms with Gasteiger partial charge in [-0.2, -0.15) is 0 Å². The number of rotatable bonds is 5. The highest BCUT2D eigenvalue weighted by atomic mass is 16.5. The Kier molecular flexibility index (Phi) is 5.71. The molecule has 1 aromatic rings. The van der Waals surface area contributed by atoms with Crippen molar-refractivity contribution in [3.63, 3.8) is 0 Å². The third kappa shape index (κ3) is 3.71. The van der Waals surface area contributed by atoms with Gasteiger partial charge in [0.1, 0.15) is 0 Å². The minimum absolute atomic E-state index is 0.0789. The highest BCUT2D eigenvalue weighted by Crippen LogP contribution is 2.44. The van der Waals surface area contributed by atoms with Crippen molar-refractivity contribution in [1.29, 1.82) is 0 Å². The van der Waals surface area contributed by atoms with Gasteiger partial charge in [0.2, 0.25) is 0 Å². The molecule has 6 nitrogen and oxygen atoms in total. The zero-order valence-electron chi connectivity index (χ0n) is 15.3. The first-order valence-electron chi connectivity index (χ1n) is 9.13. The molecule has 2 saturated heterocycles. The topological polar surface area (TPSA) is 65.9 Å². The molecule has 0 bridgehead atoms. The summed E-state index contributed by atoms with van der Waals surface area (Å²) in [5.41, 5.74) is 1.61. The molecule has 1 N–H and O–H groups in total. The standard InChI is InChI=1S/C19H29N3O3/c1-15-17(4-3-7-20-15)18(24)22-8-5-19(6-9-22)14-21(10-11-25-2)12-16(19)13-23/h3-4,7,16,23H,5-6,8-14H2,1-2H3. The summed E-state index contributed by atoms with van der Waals surface area (Å²) < 4.78 is 5.19. The van der Waals surface area contributed by atoms with Crippen LogP contribution in [0.2, 0.25) is 0 Å². The molecule has 1 atom stereocenters. The molecule has 6 heteroatoms. The summed E-state index contributed by atoms with van der Waals surface area (Å²) in [7, 11) is 1.72. The van der Waals surface area contributed by atoms with E-state index in [0.29, 0.717) is 11.5 Å². The zero-order valence-corrected chi connectivity index (χ0v) is 15.3. The molecule has 3 rings (SSSR count). The van der Waals surface area contributed by atoms with E-state index >= 15 is 0 Å². The summed E-state index contributed by atoms with van der Waals surface area (Å²) in [4.78, 5) is 21.4. The fraction of sp³-hybridized carbons (Fsp3) is 0.684. The van der Waals surface area contributed by atoms with Crippen molar-refractivity contribution >= 4 is 5.91 Å². The van der Waals surface area contributed by atoms with Crippen LogP contribution in [0.15, 0.2) is 18.3 Å². The van der Waals surface area contributed by atoms with E-state index in [1.54, 1.807) is 13.3 Å². The molecule has 1 unspecified atom stereocenters. The quantitative estimate of drug-likeness (QED) is 0.866. The molecule has 2 fully saturated rings. The highest BCUT2D eigenvalue weighted by molar-refractivity contribution is 5.95. The Morgan fingerprint density at radius 1 is 1.44 bits per heavy atom. The van der Waals surface area contributed by atoms with Gasteiger partial charge in [0.05, 0.1) is 12.2 Å². The number of piperidine rings is 1. The third-order valence-electron chi connectivity index (χ3n) is 6.00. The summed E-state index contributed by atoms with van der Waals surface area (Å²) in [6.45, 7) is 7.16. The largest absolute Gasteiger partial charge is 0.396 e. The Labute approximate surface area is 149 Å². The maximum Gasteiger partial charge on any atom is 0.255 e. The first-order chi connectivity index (χ1) is 12.1. The van der Waals surface area contributed by atoms with Crippen LogP contribution in [0.5, 0.6) is 0 Å². The van der Waals surface area contributed by atoms with Crippen molar-refractivity contribution in [3.05, 3.63) is 29.6 Å². The lowest BCUT2D eigenvalue weighted by Gasteiger charge is -2.42. The molecule has 0 radical (unpaired) electrons. The molecular weight excluding hydrogens is 318 g/mol. The maximum absolute atomic E-state index is 12.8. The molecule has 2 aliphatic heterocycles. The number of ether oxygens (including phenoxy) is 1. The van der Waals surface area contributed by atoms with E-state index in [2.05, 4.69) is 9.88 Å². The van der Waals surface area contributed by atoms with Gasteiger partial charge < -0.3 is 19.6 Å². The van der Waals surface area contributed by atoms with Gasteiger partial charge >= 0.3 is 0 Å². The maximum atomic E-state index is 12.8. The molecular formula is C19H29N3O3. The van der Waals surface area contributed by atoms with Crippen LogP contribution >= 0.6 is 0 Å². The number of aliphatic hydroxyl groups excluding tert-OH is 1. The fourth-order valence-electron chi connectivity index (χ4n) is 4.39. The van der Waals surface area contributed by atoms with Gasteiger partial charge in [0, 0.05) is 64.2 Å². The lowest BCUT2D eigenvalue weighted by molar-refractivity contribution is 0.0398. The monoisotopic (exact) mass is 347 g/mol. The molecule has 1 aromatic heterocycles. The van der Waals surface area contributed by atoms with E-state index in [4.69, 9.17) is 4.74 Å². The number of methoxy groups -OCH3 is 1. The first kappa shape index (κ1) is 18.3. The van der Waals surface area contributed by atoms with E-state index in [1.165, 1.54) is 0 Å². The van der Waals surface area contributed by atoms with Crippen LogP contribution in [-0.2, 0) is 4.74 Å². The van der Waals surface area contributed by atoms with E-state index < -0.39 is 0 Å². The predicted octanol–water partition coefficient (Wildman–Crippen LogP) is 1.18. The van der Waals surface area contributed by atoms with Crippen LogP contribution in [0.3, 0.4) is 0 Å². The Bertz CT molecular complexity index is 599. The summed E-state index contributed by atoms with van der Waals surface area (Å²) in [5, 5.41) is 9.87. The average Bonchev–Trinajstić information content (AvgIpc) is 2.97. The first-order valence-corrected chi connectivity index (χ1v) is 9.13. The lowest BCUT2D eigenvalue weighted by atomic mass is 9.71. The number of carbonyl (C=O) groups is 1. The number of aromatic nitrogens is 1. The molecule has 0 saturated carbocycles. The van der Waals surface area contributed by atoms with Gasteiger partial charge in [-0.25, -0.2) is 0 Å². The molecule has 0 aliphatic carbocycles. The van der Waals surface area contributed by atoms with Gasteiger partial charge in [-0.3, -0.25) is 9.78 Å². The Morgan fingerprint density at radius 3 is 2.84 bits per heavy atom. The summed E-state index contributed by atoms with van der Waals surface area (Å²) in [5.74, 6) is 0.372. The molecule has 2 aliphatic rings. The smallest absolute Gasteiger partial charge is 0.255 e. The second kappa shape index (κ2) is 7.81. The van der Waals surface area contributed by atoms with Crippen molar-refractivity contribution in [3.8, 4) is 0 Å². The normalized spacial score (nSPS) is 23.3. The second-order valence-electron chi connectivity index (χ2n) is 7.40. The molecule has 3 heterocycles. The van der Waals surface area contributed by atoms with Gasteiger partial charge in [0.25, 0.3) is 5.91 Å². The van der Waals surface area contributed by atoms with Crippen LogP contribution in [0.4, 0.5) is 0 Å². The number of aliphatic hydroxyl groups is 1. The van der Waals surface area contributed by atoms with Crippen LogP contribution in [0.25, 0.3) is 0 Å². The molecule has 25 heavy (non-hydrogen) atoms. The summed E-state index contributed by atoms with van der Waals surface area (Å²) in [6.07, 6.45) is 3.62. The van der Waals surface area contributed by atoms with Gasteiger partial charge in [-0.15, -0.1) is 0 Å².